The zero-order valence-electron chi connectivity index (χ0n) is 10.5. The minimum Gasteiger partial charge on any atom is -0.388 e. The van der Waals surface area contributed by atoms with E-state index in [-0.39, 0.29) is 5.41 Å². The van der Waals surface area contributed by atoms with Crippen LogP contribution in [-0.4, -0.2) is 34.6 Å². The number of nitrogens with two attached hydrogens (primary N) is 1. The molecule has 1 saturated heterocycles. The van der Waals surface area contributed by atoms with Gasteiger partial charge in [0.25, 0.3) is 0 Å². The van der Waals surface area contributed by atoms with Gasteiger partial charge in [0.2, 0.25) is 0 Å². The van der Waals surface area contributed by atoms with Gasteiger partial charge in [-0.15, -0.1) is 0 Å². The first-order valence-electron chi connectivity index (χ1n) is 6.05. The molecule has 1 aliphatic heterocycles. The monoisotopic (exact) mass is 239 g/mol. The van der Waals surface area contributed by atoms with Gasteiger partial charge in [0.15, 0.2) is 0 Å². The molecule has 3 N–H and O–H groups in total. The van der Waals surface area contributed by atoms with Gasteiger partial charge in [-0.2, -0.15) is 5.10 Å². The zero-order chi connectivity index (χ0) is 12.5. The summed E-state index contributed by atoms with van der Waals surface area (Å²) in [6, 6.07) is 0. The maximum atomic E-state index is 10.6. The fraction of sp³-hybridized carbons (Fsp3) is 0.750. The van der Waals surface area contributed by atoms with Crippen molar-refractivity contribution in [2.45, 2.75) is 25.9 Å². The molecule has 0 radical (unpaired) electrons. The SMILES string of the molecule is Cc1nn(C)cc1C(O)C1(CN)CCCOC1. The van der Waals surface area contributed by atoms with Gasteiger partial charge in [-0.05, 0) is 19.8 Å². The highest BCUT2D eigenvalue weighted by atomic mass is 16.5. The lowest BCUT2D eigenvalue weighted by atomic mass is 9.75. The van der Waals surface area contributed by atoms with Crippen LogP contribution in [0.3, 0.4) is 0 Å². The van der Waals surface area contributed by atoms with Crippen molar-refractivity contribution in [2.75, 3.05) is 19.8 Å². The average molecular weight is 239 g/mol. The van der Waals surface area contributed by atoms with Crippen LogP contribution >= 0.6 is 0 Å². The Bertz CT molecular complexity index is 383. The first kappa shape index (κ1) is 12.5. The van der Waals surface area contributed by atoms with Crippen LogP contribution in [0.5, 0.6) is 0 Å². The zero-order valence-corrected chi connectivity index (χ0v) is 10.5. The fourth-order valence-corrected chi connectivity index (χ4v) is 2.58. The summed E-state index contributed by atoms with van der Waals surface area (Å²) in [5, 5.41) is 14.8. The fourth-order valence-electron chi connectivity index (χ4n) is 2.58. The third kappa shape index (κ3) is 2.22. The molecule has 0 spiro atoms. The number of rotatable bonds is 3. The molecule has 0 saturated carbocycles. The first-order valence-corrected chi connectivity index (χ1v) is 6.05. The molecule has 2 heterocycles. The second-order valence-electron chi connectivity index (χ2n) is 4.97. The summed E-state index contributed by atoms with van der Waals surface area (Å²) in [6.07, 6.45) is 3.12. The van der Waals surface area contributed by atoms with E-state index in [1.54, 1.807) is 4.68 Å². The highest BCUT2D eigenvalue weighted by Gasteiger charge is 2.40. The molecule has 1 aromatic heterocycles. The average Bonchev–Trinajstić information content (AvgIpc) is 2.68. The minimum atomic E-state index is -0.596. The summed E-state index contributed by atoms with van der Waals surface area (Å²) >= 11 is 0. The number of hydrogen-bond acceptors (Lipinski definition) is 4. The van der Waals surface area contributed by atoms with E-state index in [4.69, 9.17) is 10.5 Å². The second-order valence-corrected chi connectivity index (χ2v) is 4.97. The summed E-state index contributed by atoms with van der Waals surface area (Å²) in [5.74, 6) is 0. The Kier molecular flexibility index (Phi) is 3.51. The highest BCUT2D eigenvalue weighted by Crippen LogP contribution is 2.40. The Balaban J connectivity index is 2.27. The molecule has 1 fully saturated rings. The summed E-state index contributed by atoms with van der Waals surface area (Å²) in [7, 11) is 1.86. The van der Waals surface area contributed by atoms with Crippen molar-refractivity contribution >= 4 is 0 Å². The lowest BCUT2D eigenvalue weighted by Crippen LogP contribution is -2.43. The number of ether oxygens (including phenoxy) is 1. The minimum absolute atomic E-state index is 0.355. The smallest absolute Gasteiger partial charge is 0.0913 e. The Morgan fingerprint density at radius 3 is 2.94 bits per heavy atom. The van der Waals surface area contributed by atoms with Gasteiger partial charge in [-0.1, -0.05) is 0 Å². The lowest BCUT2D eigenvalue weighted by molar-refractivity contribution is -0.0784. The largest absolute Gasteiger partial charge is 0.388 e. The lowest BCUT2D eigenvalue weighted by Gasteiger charge is -2.39. The molecule has 0 bridgehead atoms. The predicted molar refractivity (Wildman–Crippen MR) is 64.4 cm³/mol. The van der Waals surface area contributed by atoms with Crippen LogP contribution in [0.15, 0.2) is 6.20 Å². The molecule has 0 aliphatic carbocycles. The van der Waals surface area contributed by atoms with Crippen LogP contribution in [0.25, 0.3) is 0 Å². The number of aryl methyl sites for hydroxylation is 2. The molecule has 0 aromatic carbocycles. The normalized spacial score (nSPS) is 27.1. The van der Waals surface area contributed by atoms with Crippen molar-refractivity contribution in [1.82, 2.24) is 9.78 Å². The first-order chi connectivity index (χ1) is 8.09. The van der Waals surface area contributed by atoms with Crippen molar-refractivity contribution in [1.29, 1.82) is 0 Å². The van der Waals surface area contributed by atoms with Crippen molar-refractivity contribution in [2.24, 2.45) is 18.2 Å². The number of nitrogens with zero attached hydrogens (tertiary/aromatic N) is 2. The highest BCUT2D eigenvalue weighted by molar-refractivity contribution is 5.21. The molecule has 1 aliphatic rings. The third-order valence-electron chi connectivity index (χ3n) is 3.69. The molecule has 2 atom stereocenters. The summed E-state index contributed by atoms with van der Waals surface area (Å²) in [6.45, 7) is 3.63. The van der Waals surface area contributed by atoms with Crippen LogP contribution < -0.4 is 5.73 Å². The Hall–Kier alpha value is -0.910. The van der Waals surface area contributed by atoms with E-state index < -0.39 is 6.10 Å². The van der Waals surface area contributed by atoms with Crippen molar-refractivity contribution in [3.63, 3.8) is 0 Å². The molecular formula is C12H21N3O2. The molecule has 0 amide bonds. The summed E-state index contributed by atoms with van der Waals surface area (Å²) < 4.78 is 7.22. The van der Waals surface area contributed by atoms with Crippen LogP contribution in [0, 0.1) is 12.3 Å². The van der Waals surface area contributed by atoms with Crippen LogP contribution in [-0.2, 0) is 11.8 Å². The van der Waals surface area contributed by atoms with Gasteiger partial charge in [0.05, 0.1) is 18.4 Å². The van der Waals surface area contributed by atoms with Gasteiger partial charge in [0, 0.05) is 37.4 Å². The van der Waals surface area contributed by atoms with Crippen LogP contribution in [0.2, 0.25) is 0 Å². The van der Waals surface area contributed by atoms with Gasteiger partial charge in [-0.25, -0.2) is 0 Å². The Morgan fingerprint density at radius 2 is 2.47 bits per heavy atom. The van der Waals surface area contributed by atoms with E-state index >= 15 is 0 Å². The van der Waals surface area contributed by atoms with Gasteiger partial charge in [0.1, 0.15) is 0 Å². The third-order valence-corrected chi connectivity index (χ3v) is 3.69. The maximum Gasteiger partial charge on any atom is 0.0913 e. The van der Waals surface area contributed by atoms with E-state index in [0.717, 1.165) is 30.7 Å². The van der Waals surface area contributed by atoms with E-state index in [2.05, 4.69) is 5.10 Å². The molecular weight excluding hydrogens is 218 g/mol. The predicted octanol–water partition coefficient (Wildman–Crippen LogP) is 0.517. The summed E-state index contributed by atoms with van der Waals surface area (Å²) in [5.41, 5.74) is 7.23. The van der Waals surface area contributed by atoms with E-state index in [0.29, 0.717) is 13.2 Å². The molecule has 17 heavy (non-hydrogen) atoms. The second kappa shape index (κ2) is 4.76. The molecule has 5 nitrogen and oxygen atoms in total. The maximum absolute atomic E-state index is 10.6. The van der Waals surface area contributed by atoms with Gasteiger partial charge < -0.3 is 15.6 Å². The van der Waals surface area contributed by atoms with Crippen LogP contribution in [0.4, 0.5) is 0 Å². The van der Waals surface area contributed by atoms with Crippen LogP contribution in [0.1, 0.15) is 30.2 Å². The number of hydrogen-bond donors (Lipinski definition) is 2. The topological polar surface area (TPSA) is 73.3 Å². The molecule has 2 unspecified atom stereocenters. The van der Waals surface area contributed by atoms with E-state index in [9.17, 15) is 5.11 Å². The van der Waals surface area contributed by atoms with Crippen molar-refractivity contribution in [3.8, 4) is 0 Å². The summed E-state index contributed by atoms with van der Waals surface area (Å²) in [4.78, 5) is 0. The number of aliphatic hydroxyl groups is 1. The number of aromatic nitrogens is 2. The van der Waals surface area contributed by atoms with Crippen molar-refractivity contribution < 1.29 is 9.84 Å². The standard InChI is InChI=1S/C12H21N3O2/c1-9-10(6-15(2)14-9)11(16)12(7-13)4-3-5-17-8-12/h6,11,16H,3-5,7-8,13H2,1-2H3. The van der Waals surface area contributed by atoms with Gasteiger partial charge in [-0.3, -0.25) is 4.68 Å². The van der Waals surface area contributed by atoms with Crippen molar-refractivity contribution in [3.05, 3.63) is 17.5 Å². The Labute approximate surface area is 102 Å². The van der Waals surface area contributed by atoms with E-state index in [1.165, 1.54) is 0 Å². The molecule has 1 aromatic rings. The number of aliphatic hydroxyl groups excluding tert-OH is 1. The van der Waals surface area contributed by atoms with E-state index in [1.807, 2.05) is 20.2 Å². The van der Waals surface area contributed by atoms with Gasteiger partial charge >= 0.3 is 0 Å². The quantitative estimate of drug-likeness (QED) is 0.806. The molecule has 2 rings (SSSR count). The molecule has 96 valence electrons. The Morgan fingerprint density at radius 1 is 1.71 bits per heavy atom. The molecule has 5 heteroatoms.